The predicted molar refractivity (Wildman–Crippen MR) is 102 cm³/mol. The molecule has 0 saturated heterocycles. The maximum absolute atomic E-state index is 13.0. The number of nitrogens with zero attached hydrogens (tertiary/aromatic N) is 4. The Hall–Kier alpha value is -2.14. The van der Waals surface area contributed by atoms with Crippen molar-refractivity contribution in [3.05, 3.63) is 53.6 Å². The van der Waals surface area contributed by atoms with Crippen molar-refractivity contribution in [3.63, 3.8) is 0 Å². The van der Waals surface area contributed by atoms with Crippen molar-refractivity contribution in [1.29, 1.82) is 0 Å². The van der Waals surface area contributed by atoms with Gasteiger partial charge in [0.15, 0.2) is 0 Å². The van der Waals surface area contributed by atoms with Gasteiger partial charge in [-0.25, -0.2) is 4.98 Å². The Labute approximate surface area is 155 Å². The fourth-order valence-electron chi connectivity index (χ4n) is 4.38. The van der Waals surface area contributed by atoms with Crippen molar-refractivity contribution in [2.45, 2.75) is 38.3 Å². The molecule has 5 nitrogen and oxygen atoms in total. The van der Waals surface area contributed by atoms with Gasteiger partial charge in [0.1, 0.15) is 0 Å². The monoisotopic (exact) mass is 352 g/mol. The summed E-state index contributed by atoms with van der Waals surface area (Å²) in [5, 5.41) is 0. The standard InChI is InChI=1S/C21H28N4O/c1-23(2)8-7-19-13-24(14-20-12-22-15-25(19)20)21(26)11-16-9-17-5-3-4-6-18(17)10-16/h3-6,12,15-16,19H,7-11,13-14H2,1-2H3. The minimum absolute atomic E-state index is 0.296. The Morgan fingerprint density at radius 3 is 2.65 bits per heavy atom. The van der Waals surface area contributed by atoms with Crippen LogP contribution < -0.4 is 0 Å². The Kier molecular flexibility index (Phi) is 4.81. The fourth-order valence-corrected chi connectivity index (χ4v) is 4.38. The van der Waals surface area contributed by atoms with Crippen molar-refractivity contribution in [1.82, 2.24) is 19.4 Å². The van der Waals surface area contributed by atoms with E-state index in [4.69, 9.17) is 0 Å². The molecule has 1 aliphatic carbocycles. The van der Waals surface area contributed by atoms with Crippen LogP contribution in [0.5, 0.6) is 0 Å². The molecule has 2 aliphatic rings. The lowest BCUT2D eigenvalue weighted by atomic mass is 10.0. The van der Waals surface area contributed by atoms with Gasteiger partial charge in [-0.3, -0.25) is 4.79 Å². The van der Waals surface area contributed by atoms with Crippen LogP contribution in [0.1, 0.15) is 35.7 Å². The van der Waals surface area contributed by atoms with E-state index in [1.807, 2.05) is 12.5 Å². The van der Waals surface area contributed by atoms with Crippen LogP contribution in [0.2, 0.25) is 0 Å². The smallest absolute Gasteiger partial charge is 0.223 e. The summed E-state index contributed by atoms with van der Waals surface area (Å²) in [5.74, 6) is 0.747. The summed E-state index contributed by atoms with van der Waals surface area (Å²) in [6, 6.07) is 8.94. The average molecular weight is 352 g/mol. The number of carbonyl (C=O) groups excluding carboxylic acids is 1. The molecular weight excluding hydrogens is 324 g/mol. The van der Waals surface area contributed by atoms with E-state index in [9.17, 15) is 4.79 Å². The first kappa shape index (κ1) is 17.3. The molecule has 2 aromatic rings. The summed E-state index contributed by atoms with van der Waals surface area (Å²) in [5.41, 5.74) is 4.00. The Morgan fingerprint density at radius 2 is 1.96 bits per heavy atom. The zero-order chi connectivity index (χ0) is 18.1. The second-order valence-corrected chi connectivity index (χ2v) is 8.06. The number of aromatic nitrogens is 2. The zero-order valence-electron chi connectivity index (χ0n) is 15.8. The number of benzene rings is 1. The van der Waals surface area contributed by atoms with Crippen LogP contribution in [0, 0.1) is 5.92 Å². The van der Waals surface area contributed by atoms with Crippen molar-refractivity contribution in [2.24, 2.45) is 5.92 Å². The van der Waals surface area contributed by atoms with Gasteiger partial charge in [0.05, 0.1) is 24.6 Å². The topological polar surface area (TPSA) is 41.4 Å². The molecule has 5 heteroatoms. The number of hydrogen-bond donors (Lipinski definition) is 0. The molecule has 0 saturated carbocycles. The van der Waals surface area contributed by atoms with E-state index in [2.05, 4.69) is 57.7 Å². The maximum atomic E-state index is 13.0. The Balaban J connectivity index is 1.41. The van der Waals surface area contributed by atoms with E-state index in [0.29, 0.717) is 30.8 Å². The van der Waals surface area contributed by atoms with Crippen molar-refractivity contribution < 1.29 is 4.79 Å². The molecule has 1 aromatic heterocycles. The van der Waals surface area contributed by atoms with E-state index in [-0.39, 0.29) is 0 Å². The van der Waals surface area contributed by atoms with E-state index in [1.54, 1.807) is 0 Å². The first-order valence-electron chi connectivity index (χ1n) is 9.60. The second-order valence-electron chi connectivity index (χ2n) is 8.06. The summed E-state index contributed by atoms with van der Waals surface area (Å²) in [6.07, 6.45) is 7.60. The van der Waals surface area contributed by atoms with Crippen LogP contribution in [0.4, 0.5) is 0 Å². The van der Waals surface area contributed by atoms with Crippen molar-refractivity contribution in [3.8, 4) is 0 Å². The molecule has 1 aromatic carbocycles. The van der Waals surface area contributed by atoms with E-state index >= 15 is 0 Å². The van der Waals surface area contributed by atoms with Gasteiger partial charge in [-0.2, -0.15) is 0 Å². The summed E-state index contributed by atoms with van der Waals surface area (Å²) in [4.78, 5) is 21.6. The first-order chi connectivity index (χ1) is 12.6. The third-order valence-corrected chi connectivity index (χ3v) is 5.78. The summed E-state index contributed by atoms with van der Waals surface area (Å²) in [7, 11) is 4.19. The van der Waals surface area contributed by atoms with Gasteiger partial charge in [0.25, 0.3) is 0 Å². The van der Waals surface area contributed by atoms with Crippen molar-refractivity contribution >= 4 is 5.91 Å². The summed E-state index contributed by atoms with van der Waals surface area (Å²) in [6.45, 7) is 2.51. The third-order valence-electron chi connectivity index (χ3n) is 5.78. The van der Waals surface area contributed by atoms with Gasteiger partial charge in [-0.05, 0) is 56.9 Å². The number of carbonyl (C=O) groups is 1. The van der Waals surface area contributed by atoms with Crippen LogP contribution >= 0.6 is 0 Å². The quantitative estimate of drug-likeness (QED) is 0.830. The van der Waals surface area contributed by atoms with Crippen LogP contribution in [0.3, 0.4) is 0 Å². The number of fused-ring (bicyclic) bond motifs is 2. The van der Waals surface area contributed by atoms with E-state index in [0.717, 1.165) is 38.0 Å². The van der Waals surface area contributed by atoms with Crippen molar-refractivity contribution in [2.75, 3.05) is 27.2 Å². The molecule has 0 bridgehead atoms. The van der Waals surface area contributed by atoms with Crippen LogP contribution in [-0.4, -0.2) is 52.4 Å². The second kappa shape index (κ2) is 7.23. The number of rotatable bonds is 5. The highest BCUT2D eigenvalue weighted by atomic mass is 16.2. The van der Waals surface area contributed by atoms with Crippen LogP contribution in [0.25, 0.3) is 0 Å². The molecule has 1 unspecified atom stereocenters. The highest BCUT2D eigenvalue weighted by Crippen LogP contribution is 2.30. The molecule has 0 radical (unpaired) electrons. The lowest BCUT2D eigenvalue weighted by Gasteiger charge is -2.35. The lowest BCUT2D eigenvalue weighted by molar-refractivity contribution is -0.134. The van der Waals surface area contributed by atoms with E-state index in [1.165, 1.54) is 11.1 Å². The Morgan fingerprint density at radius 1 is 1.23 bits per heavy atom. The SMILES string of the molecule is CN(C)CCC1CN(C(=O)CC2Cc3ccccc3C2)Cc2cncn21. The van der Waals surface area contributed by atoms with Gasteiger partial charge in [-0.1, -0.05) is 24.3 Å². The average Bonchev–Trinajstić information content (AvgIpc) is 3.25. The molecule has 1 atom stereocenters. The maximum Gasteiger partial charge on any atom is 0.223 e. The third kappa shape index (κ3) is 3.54. The summed E-state index contributed by atoms with van der Waals surface area (Å²) < 4.78 is 2.26. The molecule has 0 fully saturated rings. The van der Waals surface area contributed by atoms with Gasteiger partial charge in [0, 0.05) is 19.2 Å². The number of imidazole rings is 1. The molecular formula is C21H28N4O. The molecule has 0 spiro atoms. The minimum Gasteiger partial charge on any atom is -0.335 e. The molecule has 0 N–H and O–H groups in total. The molecule has 4 rings (SSSR count). The first-order valence-corrected chi connectivity index (χ1v) is 9.60. The predicted octanol–water partition coefficient (Wildman–Crippen LogP) is 2.52. The number of hydrogen-bond acceptors (Lipinski definition) is 3. The highest BCUT2D eigenvalue weighted by Gasteiger charge is 2.30. The van der Waals surface area contributed by atoms with E-state index < -0.39 is 0 Å². The molecule has 2 heterocycles. The zero-order valence-corrected chi connectivity index (χ0v) is 15.8. The van der Waals surface area contributed by atoms with Gasteiger partial charge < -0.3 is 14.4 Å². The molecule has 1 amide bonds. The minimum atomic E-state index is 0.296. The van der Waals surface area contributed by atoms with Crippen LogP contribution in [-0.2, 0) is 24.2 Å². The Bertz CT molecular complexity index is 757. The van der Waals surface area contributed by atoms with Crippen LogP contribution in [0.15, 0.2) is 36.8 Å². The molecule has 26 heavy (non-hydrogen) atoms. The largest absolute Gasteiger partial charge is 0.335 e. The molecule has 1 aliphatic heterocycles. The van der Waals surface area contributed by atoms with Gasteiger partial charge >= 0.3 is 0 Å². The molecule has 138 valence electrons. The lowest BCUT2D eigenvalue weighted by Crippen LogP contribution is -2.42. The number of amides is 1. The summed E-state index contributed by atoms with van der Waals surface area (Å²) >= 11 is 0. The van der Waals surface area contributed by atoms with Gasteiger partial charge in [0.2, 0.25) is 5.91 Å². The fraction of sp³-hybridized carbons (Fsp3) is 0.524. The highest BCUT2D eigenvalue weighted by molar-refractivity contribution is 5.76. The normalized spacial score (nSPS) is 19.7. The van der Waals surface area contributed by atoms with Gasteiger partial charge in [-0.15, -0.1) is 0 Å².